The Morgan fingerprint density at radius 1 is 1.05 bits per heavy atom. The molecule has 2 aliphatic rings. The van der Waals surface area contributed by atoms with Crippen LogP contribution in [0.2, 0.25) is 0 Å². The number of imide groups is 1. The Morgan fingerprint density at radius 3 is 2.10 bits per heavy atom. The fourth-order valence-corrected chi connectivity index (χ4v) is 3.51. The molecule has 0 bridgehead atoms. The summed E-state index contributed by atoms with van der Waals surface area (Å²) >= 11 is 0. The van der Waals surface area contributed by atoms with Gasteiger partial charge in [0.05, 0.1) is 24.5 Å². The van der Waals surface area contributed by atoms with Crippen LogP contribution < -0.4 is 0 Å². The third-order valence-electron chi connectivity index (χ3n) is 4.54. The summed E-state index contributed by atoms with van der Waals surface area (Å²) < 4.78 is 0. The fourth-order valence-electron chi connectivity index (χ4n) is 3.51. The van der Waals surface area contributed by atoms with Gasteiger partial charge in [-0.3, -0.25) is 14.5 Å². The zero-order valence-electron chi connectivity index (χ0n) is 11.4. The standard InChI is InChI=1S/C16H19NO3/c18-10-14(11-6-2-1-3-7-11)17-15(19)12-8-4-5-9-13(12)16(17)20/h1-3,6-7,12-14,18H,4-5,8-10H2/t12-,13+,14-/m1/s1. The minimum Gasteiger partial charge on any atom is -0.394 e. The highest BCUT2D eigenvalue weighted by Crippen LogP contribution is 2.41. The number of likely N-dealkylation sites (tertiary alicyclic amines) is 1. The molecule has 1 aliphatic carbocycles. The summed E-state index contributed by atoms with van der Waals surface area (Å²) in [7, 11) is 0. The van der Waals surface area contributed by atoms with Crippen molar-refractivity contribution in [2.75, 3.05) is 6.61 Å². The predicted octanol–water partition coefficient (Wildman–Crippen LogP) is 1.90. The minimum atomic E-state index is -0.540. The average molecular weight is 273 g/mol. The molecule has 1 aromatic rings. The summed E-state index contributed by atoms with van der Waals surface area (Å²) in [4.78, 5) is 26.4. The molecule has 0 unspecified atom stereocenters. The summed E-state index contributed by atoms with van der Waals surface area (Å²) in [6.07, 6.45) is 3.64. The molecule has 1 saturated carbocycles. The van der Waals surface area contributed by atoms with E-state index in [2.05, 4.69) is 0 Å². The zero-order valence-corrected chi connectivity index (χ0v) is 11.4. The van der Waals surface area contributed by atoms with Gasteiger partial charge in [0.15, 0.2) is 0 Å². The molecule has 0 spiro atoms. The number of carbonyl (C=O) groups is 2. The molecule has 1 N–H and O–H groups in total. The van der Waals surface area contributed by atoms with Gasteiger partial charge >= 0.3 is 0 Å². The maximum absolute atomic E-state index is 12.5. The molecular weight excluding hydrogens is 254 g/mol. The molecule has 1 saturated heterocycles. The van der Waals surface area contributed by atoms with Crippen molar-refractivity contribution in [3.8, 4) is 0 Å². The van der Waals surface area contributed by atoms with Gasteiger partial charge in [0.1, 0.15) is 0 Å². The van der Waals surface area contributed by atoms with Crippen molar-refractivity contribution < 1.29 is 14.7 Å². The first-order valence-corrected chi connectivity index (χ1v) is 7.26. The number of fused-ring (bicyclic) bond motifs is 1. The first-order chi connectivity index (χ1) is 9.74. The molecule has 3 rings (SSSR count). The molecular formula is C16H19NO3. The molecule has 0 aromatic heterocycles. The van der Waals surface area contributed by atoms with Gasteiger partial charge in [-0.25, -0.2) is 0 Å². The number of amides is 2. The van der Waals surface area contributed by atoms with Gasteiger partial charge in [0.25, 0.3) is 0 Å². The number of aliphatic hydroxyl groups excluding tert-OH is 1. The van der Waals surface area contributed by atoms with Crippen molar-refractivity contribution in [3.05, 3.63) is 35.9 Å². The van der Waals surface area contributed by atoms with Gasteiger partial charge in [-0.05, 0) is 18.4 Å². The minimum absolute atomic E-state index is 0.0948. The van der Waals surface area contributed by atoms with Crippen molar-refractivity contribution in [2.24, 2.45) is 11.8 Å². The van der Waals surface area contributed by atoms with Crippen LogP contribution in [0.5, 0.6) is 0 Å². The fraction of sp³-hybridized carbons (Fsp3) is 0.500. The second-order valence-electron chi connectivity index (χ2n) is 5.65. The van der Waals surface area contributed by atoms with Crippen LogP contribution in [0.1, 0.15) is 37.3 Å². The first-order valence-electron chi connectivity index (χ1n) is 7.26. The number of hydrogen-bond donors (Lipinski definition) is 1. The van der Waals surface area contributed by atoms with E-state index in [1.807, 2.05) is 30.3 Å². The number of hydrogen-bond acceptors (Lipinski definition) is 3. The molecule has 1 aliphatic heterocycles. The monoisotopic (exact) mass is 273 g/mol. The van der Waals surface area contributed by atoms with E-state index in [0.29, 0.717) is 0 Å². The van der Waals surface area contributed by atoms with Gasteiger partial charge in [-0.2, -0.15) is 0 Å². The molecule has 2 fully saturated rings. The average Bonchev–Trinajstić information content (AvgIpc) is 2.75. The summed E-state index contributed by atoms with van der Waals surface area (Å²) in [6.45, 7) is -0.221. The van der Waals surface area contributed by atoms with Crippen LogP contribution in [0.4, 0.5) is 0 Å². The van der Waals surface area contributed by atoms with Crippen LogP contribution >= 0.6 is 0 Å². The number of carbonyl (C=O) groups excluding carboxylic acids is 2. The molecule has 4 nitrogen and oxygen atoms in total. The number of rotatable bonds is 3. The molecule has 20 heavy (non-hydrogen) atoms. The van der Waals surface area contributed by atoms with Gasteiger partial charge in [-0.1, -0.05) is 43.2 Å². The van der Waals surface area contributed by atoms with Crippen LogP contribution in [0.3, 0.4) is 0 Å². The van der Waals surface area contributed by atoms with Crippen molar-refractivity contribution in [1.29, 1.82) is 0 Å². The molecule has 106 valence electrons. The Balaban J connectivity index is 1.92. The van der Waals surface area contributed by atoms with E-state index in [1.165, 1.54) is 4.90 Å². The van der Waals surface area contributed by atoms with E-state index in [0.717, 1.165) is 31.2 Å². The van der Waals surface area contributed by atoms with Gasteiger partial charge < -0.3 is 5.11 Å². The Kier molecular flexibility index (Phi) is 3.57. The summed E-state index contributed by atoms with van der Waals surface area (Å²) in [5.74, 6) is -0.506. The van der Waals surface area contributed by atoms with Crippen LogP contribution in [0, 0.1) is 11.8 Å². The lowest BCUT2D eigenvalue weighted by molar-refractivity contribution is -0.144. The highest BCUT2D eigenvalue weighted by molar-refractivity contribution is 6.05. The third kappa shape index (κ3) is 2.04. The molecule has 1 heterocycles. The second kappa shape index (κ2) is 5.37. The van der Waals surface area contributed by atoms with Crippen molar-refractivity contribution in [3.63, 3.8) is 0 Å². The van der Waals surface area contributed by atoms with Gasteiger partial charge in [0.2, 0.25) is 11.8 Å². The van der Waals surface area contributed by atoms with E-state index in [4.69, 9.17) is 0 Å². The molecule has 3 atom stereocenters. The van der Waals surface area contributed by atoms with Crippen LogP contribution in [-0.2, 0) is 9.59 Å². The Labute approximate surface area is 118 Å². The van der Waals surface area contributed by atoms with Crippen LogP contribution in [0.15, 0.2) is 30.3 Å². The molecule has 2 amide bonds. The van der Waals surface area contributed by atoms with Crippen LogP contribution in [-0.4, -0.2) is 28.4 Å². The summed E-state index contributed by atoms with van der Waals surface area (Å²) in [5, 5.41) is 9.66. The Morgan fingerprint density at radius 2 is 1.60 bits per heavy atom. The quantitative estimate of drug-likeness (QED) is 0.856. The highest BCUT2D eigenvalue weighted by atomic mass is 16.3. The number of aliphatic hydroxyl groups is 1. The number of benzene rings is 1. The van der Waals surface area contributed by atoms with E-state index >= 15 is 0 Å². The van der Waals surface area contributed by atoms with E-state index in [-0.39, 0.29) is 30.3 Å². The van der Waals surface area contributed by atoms with E-state index < -0.39 is 6.04 Å². The SMILES string of the molecule is O=C1[C@H]2CCCC[C@H]2C(=O)N1[C@H](CO)c1ccccc1. The predicted molar refractivity (Wildman–Crippen MR) is 73.6 cm³/mol. The van der Waals surface area contributed by atoms with Crippen molar-refractivity contribution >= 4 is 11.8 Å². The zero-order chi connectivity index (χ0) is 14.1. The smallest absolute Gasteiger partial charge is 0.233 e. The number of nitrogens with zero attached hydrogens (tertiary/aromatic N) is 1. The lowest BCUT2D eigenvalue weighted by Crippen LogP contribution is -2.37. The lowest BCUT2D eigenvalue weighted by Gasteiger charge is -2.25. The summed E-state index contributed by atoms with van der Waals surface area (Å²) in [5.41, 5.74) is 0.815. The second-order valence-corrected chi connectivity index (χ2v) is 5.65. The summed E-state index contributed by atoms with van der Waals surface area (Å²) in [6, 6.07) is 8.76. The topological polar surface area (TPSA) is 57.6 Å². The molecule has 1 aromatic carbocycles. The van der Waals surface area contributed by atoms with Gasteiger partial charge in [-0.15, -0.1) is 0 Å². The van der Waals surface area contributed by atoms with E-state index in [1.54, 1.807) is 0 Å². The maximum atomic E-state index is 12.5. The highest BCUT2D eigenvalue weighted by Gasteiger charge is 2.50. The van der Waals surface area contributed by atoms with Crippen LogP contribution in [0.25, 0.3) is 0 Å². The van der Waals surface area contributed by atoms with Crippen molar-refractivity contribution in [1.82, 2.24) is 4.90 Å². The molecule has 0 radical (unpaired) electrons. The Hall–Kier alpha value is -1.68. The Bertz CT molecular complexity index is 490. The van der Waals surface area contributed by atoms with Crippen molar-refractivity contribution in [2.45, 2.75) is 31.7 Å². The largest absolute Gasteiger partial charge is 0.394 e. The third-order valence-corrected chi connectivity index (χ3v) is 4.54. The van der Waals surface area contributed by atoms with Gasteiger partial charge in [0, 0.05) is 0 Å². The molecule has 4 heteroatoms. The first kappa shape index (κ1) is 13.3. The maximum Gasteiger partial charge on any atom is 0.233 e. The normalized spacial score (nSPS) is 27.6. The van der Waals surface area contributed by atoms with E-state index in [9.17, 15) is 14.7 Å². The lowest BCUT2D eigenvalue weighted by atomic mass is 9.81.